The van der Waals surface area contributed by atoms with Crippen molar-refractivity contribution in [2.45, 2.75) is 46.7 Å². The summed E-state index contributed by atoms with van der Waals surface area (Å²) in [5.74, 6) is -1.19. The fourth-order valence-electron chi connectivity index (χ4n) is 1.10. The van der Waals surface area contributed by atoms with Crippen LogP contribution in [0.1, 0.15) is 34.6 Å². The summed E-state index contributed by atoms with van der Waals surface area (Å²) in [5, 5.41) is 8.95. The number of rotatable bonds is 5. The number of nitrogens with one attached hydrogen (secondary N) is 2. The molecule has 0 aliphatic heterocycles. The first-order valence-corrected chi connectivity index (χ1v) is 6.46. The van der Waals surface area contributed by atoms with Gasteiger partial charge in [0.2, 0.25) is 0 Å². The van der Waals surface area contributed by atoms with E-state index in [0.717, 1.165) is 0 Å². The van der Waals surface area contributed by atoms with Gasteiger partial charge in [0.05, 0.1) is 0 Å². The van der Waals surface area contributed by atoms with Crippen molar-refractivity contribution in [1.82, 2.24) is 9.44 Å². The van der Waals surface area contributed by atoms with E-state index < -0.39 is 27.6 Å². The number of carboxylic acids is 1. The Labute approximate surface area is 96.6 Å². The Bertz CT molecular complexity index is 343. The zero-order valence-corrected chi connectivity index (χ0v) is 11.1. The highest BCUT2D eigenvalue weighted by molar-refractivity contribution is 7.87. The normalized spacial score (nSPS) is 15.1. The summed E-state index contributed by atoms with van der Waals surface area (Å²) in [6.45, 7) is 8.29. The molecule has 0 saturated carbocycles. The van der Waals surface area contributed by atoms with E-state index in [0.29, 0.717) is 0 Å². The summed E-state index contributed by atoms with van der Waals surface area (Å²) in [6, 6.07) is -1.45. The maximum atomic E-state index is 11.5. The van der Waals surface area contributed by atoms with Crippen molar-refractivity contribution < 1.29 is 18.3 Å². The Kier molecular flexibility index (Phi) is 4.90. The van der Waals surface area contributed by atoms with Gasteiger partial charge in [0.15, 0.2) is 0 Å². The lowest BCUT2D eigenvalue weighted by Crippen LogP contribution is -2.53. The average Bonchev–Trinajstić information content (AvgIpc) is 1.94. The highest BCUT2D eigenvalue weighted by Gasteiger charge is 2.34. The van der Waals surface area contributed by atoms with Gasteiger partial charge in [-0.05, 0) is 19.3 Å². The lowest BCUT2D eigenvalue weighted by Gasteiger charge is -2.27. The number of hydrogen-bond acceptors (Lipinski definition) is 3. The summed E-state index contributed by atoms with van der Waals surface area (Å²) >= 11 is 0. The molecule has 0 bridgehead atoms. The molecule has 96 valence electrons. The molecule has 0 aromatic carbocycles. The minimum absolute atomic E-state index is 0.285. The molecule has 0 rings (SSSR count). The third-order valence-corrected chi connectivity index (χ3v) is 3.10. The summed E-state index contributed by atoms with van der Waals surface area (Å²) < 4.78 is 27.4. The molecule has 1 atom stereocenters. The third-order valence-electron chi connectivity index (χ3n) is 1.78. The second-order valence-electron chi connectivity index (χ2n) is 5.03. The number of carbonyl (C=O) groups is 1. The van der Waals surface area contributed by atoms with Crippen LogP contribution in [-0.4, -0.2) is 31.6 Å². The van der Waals surface area contributed by atoms with E-state index in [4.69, 9.17) is 5.11 Å². The Hall–Kier alpha value is -0.660. The van der Waals surface area contributed by atoms with Crippen molar-refractivity contribution >= 4 is 16.2 Å². The Morgan fingerprint density at radius 2 is 1.62 bits per heavy atom. The number of carboxylic acid groups (broad SMARTS) is 1. The number of hydrogen-bond donors (Lipinski definition) is 3. The average molecular weight is 252 g/mol. The first-order valence-electron chi connectivity index (χ1n) is 4.98. The molecule has 6 nitrogen and oxygen atoms in total. The largest absolute Gasteiger partial charge is 0.480 e. The van der Waals surface area contributed by atoms with E-state index in [1.54, 1.807) is 34.6 Å². The summed E-state index contributed by atoms with van der Waals surface area (Å²) in [4.78, 5) is 11.0. The van der Waals surface area contributed by atoms with Gasteiger partial charge < -0.3 is 5.11 Å². The maximum absolute atomic E-state index is 11.5. The molecular weight excluding hydrogens is 232 g/mol. The summed E-state index contributed by atoms with van der Waals surface area (Å²) in [6.07, 6.45) is 0. The third kappa shape index (κ3) is 5.43. The smallest absolute Gasteiger partial charge is 0.322 e. The van der Waals surface area contributed by atoms with Crippen LogP contribution in [0.3, 0.4) is 0 Å². The Morgan fingerprint density at radius 1 is 1.19 bits per heavy atom. The van der Waals surface area contributed by atoms with Gasteiger partial charge in [-0.25, -0.2) is 0 Å². The molecule has 0 aromatic rings. The summed E-state index contributed by atoms with van der Waals surface area (Å²) in [5.41, 5.74) is -0.697. The maximum Gasteiger partial charge on any atom is 0.322 e. The van der Waals surface area contributed by atoms with Gasteiger partial charge in [0.1, 0.15) is 6.04 Å². The van der Waals surface area contributed by atoms with Crippen LogP contribution in [-0.2, 0) is 15.0 Å². The fourth-order valence-corrected chi connectivity index (χ4v) is 2.55. The van der Waals surface area contributed by atoms with Crippen LogP contribution in [0.4, 0.5) is 0 Å². The van der Waals surface area contributed by atoms with Crippen molar-refractivity contribution in [2.75, 3.05) is 0 Å². The molecule has 0 aromatic heterocycles. The molecule has 0 aliphatic carbocycles. The van der Waals surface area contributed by atoms with E-state index in [1.807, 2.05) is 0 Å². The molecule has 1 unspecified atom stereocenters. The van der Waals surface area contributed by atoms with E-state index in [1.165, 1.54) is 0 Å². The molecule has 0 amide bonds. The molecule has 0 saturated heterocycles. The van der Waals surface area contributed by atoms with Crippen LogP contribution in [0.15, 0.2) is 0 Å². The first kappa shape index (κ1) is 15.3. The van der Waals surface area contributed by atoms with E-state index in [9.17, 15) is 13.2 Å². The van der Waals surface area contributed by atoms with E-state index in [2.05, 4.69) is 9.44 Å². The van der Waals surface area contributed by atoms with E-state index in [-0.39, 0.29) is 6.04 Å². The lowest BCUT2D eigenvalue weighted by molar-refractivity contribution is -0.141. The van der Waals surface area contributed by atoms with Crippen molar-refractivity contribution in [1.29, 1.82) is 0 Å². The second-order valence-corrected chi connectivity index (χ2v) is 6.51. The van der Waals surface area contributed by atoms with Crippen LogP contribution in [0, 0.1) is 5.41 Å². The quantitative estimate of drug-likeness (QED) is 0.656. The van der Waals surface area contributed by atoms with Gasteiger partial charge in [-0.1, -0.05) is 20.8 Å². The monoisotopic (exact) mass is 252 g/mol. The predicted octanol–water partition coefficient (Wildman–Crippen LogP) is 0.318. The van der Waals surface area contributed by atoms with Crippen molar-refractivity contribution in [3.05, 3.63) is 0 Å². The molecular formula is C9H20N2O4S. The van der Waals surface area contributed by atoms with Crippen LogP contribution >= 0.6 is 0 Å². The molecule has 0 radical (unpaired) electrons. The molecule has 7 heteroatoms. The van der Waals surface area contributed by atoms with Crippen molar-refractivity contribution in [2.24, 2.45) is 5.41 Å². The van der Waals surface area contributed by atoms with Gasteiger partial charge in [-0.2, -0.15) is 17.9 Å². The van der Waals surface area contributed by atoms with Crippen molar-refractivity contribution in [3.63, 3.8) is 0 Å². The standard InChI is InChI=1S/C9H20N2O4S/c1-6(2)10-16(14,15)11-7(8(12)13)9(3,4)5/h6-7,10-11H,1-5H3,(H,12,13). The van der Waals surface area contributed by atoms with Gasteiger partial charge in [-0.15, -0.1) is 0 Å². The summed E-state index contributed by atoms with van der Waals surface area (Å²) in [7, 11) is -3.79. The second kappa shape index (κ2) is 5.11. The minimum atomic E-state index is -3.79. The highest BCUT2D eigenvalue weighted by atomic mass is 32.2. The molecule has 0 aliphatic rings. The minimum Gasteiger partial charge on any atom is -0.480 e. The zero-order valence-electron chi connectivity index (χ0n) is 10.2. The molecule has 16 heavy (non-hydrogen) atoms. The lowest BCUT2D eigenvalue weighted by atomic mass is 9.88. The van der Waals surface area contributed by atoms with Gasteiger partial charge in [-0.3, -0.25) is 4.79 Å². The van der Waals surface area contributed by atoms with Gasteiger partial charge in [0, 0.05) is 6.04 Å². The molecule has 0 heterocycles. The fraction of sp³-hybridized carbons (Fsp3) is 0.889. The Morgan fingerprint density at radius 3 is 1.88 bits per heavy atom. The molecule has 0 fully saturated rings. The zero-order chi connectivity index (χ0) is 13.1. The Balaban J connectivity index is 4.85. The first-order chi connectivity index (χ1) is 6.96. The number of aliphatic carboxylic acids is 1. The van der Waals surface area contributed by atoms with Crippen LogP contribution in [0.25, 0.3) is 0 Å². The van der Waals surface area contributed by atoms with Gasteiger partial charge >= 0.3 is 5.97 Å². The van der Waals surface area contributed by atoms with Gasteiger partial charge in [0.25, 0.3) is 10.2 Å². The van der Waals surface area contributed by atoms with E-state index >= 15 is 0 Å². The predicted molar refractivity (Wildman–Crippen MR) is 61.2 cm³/mol. The van der Waals surface area contributed by atoms with Crippen LogP contribution in [0.2, 0.25) is 0 Å². The SMILES string of the molecule is CC(C)NS(=O)(=O)NC(C(=O)O)C(C)(C)C. The highest BCUT2D eigenvalue weighted by Crippen LogP contribution is 2.19. The topological polar surface area (TPSA) is 95.5 Å². The van der Waals surface area contributed by atoms with Crippen LogP contribution < -0.4 is 9.44 Å². The van der Waals surface area contributed by atoms with Crippen LogP contribution in [0.5, 0.6) is 0 Å². The molecule has 3 N–H and O–H groups in total. The molecule has 0 spiro atoms. The van der Waals surface area contributed by atoms with Crippen molar-refractivity contribution in [3.8, 4) is 0 Å².